The number of anilines is 2. The first-order chi connectivity index (χ1) is 14.7. The Hall–Kier alpha value is -2.91. The first kappa shape index (κ1) is 20.4. The Morgan fingerprint density at radius 2 is 1.80 bits per heavy atom. The molecule has 1 amide bonds. The van der Waals surface area contributed by atoms with E-state index in [0.717, 1.165) is 36.9 Å². The van der Waals surface area contributed by atoms with Gasteiger partial charge in [-0.25, -0.2) is 0 Å². The zero-order chi connectivity index (χ0) is 20.8. The maximum Gasteiger partial charge on any atom is 0.259 e. The Labute approximate surface area is 179 Å². The van der Waals surface area contributed by atoms with E-state index >= 15 is 0 Å². The molecule has 0 aliphatic heterocycles. The quantitative estimate of drug-likeness (QED) is 0.595. The van der Waals surface area contributed by atoms with Crippen LogP contribution in [-0.4, -0.2) is 39.5 Å². The number of rotatable bonds is 7. The molecule has 2 N–H and O–H groups in total. The minimum atomic E-state index is -0.692. The predicted octanol–water partition coefficient (Wildman–Crippen LogP) is 3.79. The molecule has 2 heterocycles. The Morgan fingerprint density at radius 3 is 2.50 bits per heavy atom. The summed E-state index contributed by atoms with van der Waals surface area (Å²) >= 11 is 1.33. The van der Waals surface area contributed by atoms with Crippen LogP contribution in [0.5, 0.6) is 0 Å². The third-order valence-corrected chi connectivity index (χ3v) is 6.07. The molecular formula is C21H24N6O2S. The maximum absolute atomic E-state index is 12.6. The second-order valence-corrected chi connectivity index (χ2v) is 8.25. The van der Waals surface area contributed by atoms with Crippen LogP contribution in [0.4, 0.5) is 10.3 Å². The van der Waals surface area contributed by atoms with Gasteiger partial charge in [0, 0.05) is 25.3 Å². The van der Waals surface area contributed by atoms with Gasteiger partial charge in [0.15, 0.2) is 6.10 Å². The molecule has 1 aromatic carbocycles. The molecule has 156 valence electrons. The average Bonchev–Trinajstić information content (AvgIpc) is 3.23. The highest BCUT2D eigenvalue weighted by Crippen LogP contribution is 2.33. The van der Waals surface area contributed by atoms with Crippen molar-refractivity contribution < 1.29 is 9.53 Å². The van der Waals surface area contributed by atoms with Crippen LogP contribution >= 0.6 is 11.3 Å². The number of carbonyl (C=O) groups is 1. The van der Waals surface area contributed by atoms with Crippen molar-refractivity contribution in [2.45, 2.75) is 43.7 Å². The second-order valence-electron chi connectivity index (χ2n) is 7.27. The molecule has 8 nitrogen and oxygen atoms in total. The number of amides is 1. The van der Waals surface area contributed by atoms with E-state index in [0.29, 0.717) is 22.2 Å². The van der Waals surface area contributed by atoms with Gasteiger partial charge in [-0.05, 0) is 43.4 Å². The average molecular weight is 425 g/mol. The van der Waals surface area contributed by atoms with Crippen LogP contribution in [-0.2, 0) is 9.53 Å². The van der Waals surface area contributed by atoms with E-state index in [1.807, 2.05) is 42.5 Å². The molecule has 0 spiro atoms. The second kappa shape index (κ2) is 9.73. The van der Waals surface area contributed by atoms with Crippen LogP contribution < -0.4 is 10.6 Å². The van der Waals surface area contributed by atoms with Crippen molar-refractivity contribution in [3.8, 4) is 0 Å². The van der Waals surface area contributed by atoms with Crippen LogP contribution in [0, 0.1) is 0 Å². The Bertz CT molecular complexity index is 944. The largest absolute Gasteiger partial charge is 0.367 e. The van der Waals surface area contributed by atoms with Crippen LogP contribution in [0.25, 0.3) is 0 Å². The standard InChI is InChI=1S/C21H24N6O2S/c1-29-18(15-6-3-2-4-7-15)19(28)24-21-27-26-20(30-21)23-16-11-9-14(10-12-16)17-8-5-13-22-25-17/h2-8,13-14,16,18H,9-12H2,1H3,(H,23,26)(H,24,27,28)/t14-,16+,18-/m1/s1. The van der Waals surface area contributed by atoms with Gasteiger partial charge in [-0.1, -0.05) is 41.7 Å². The van der Waals surface area contributed by atoms with E-state index in [2.05, 4.69) is 31.0 Å². The molecule has 1 fully saturated rings. The molecule has 0 unspecified atom stereocenters. The van der Waals surface area contributed by atoms with Gasteiger partial charge in [0.2, 0.25) is 10.3 Å². The number of hydrogen-bond donors (Lipinski definition) is 2. The van der Waals surface area contributed by atoms with Crippen molar-refractivity contribution in [1.82, 2.24) is 20.4 Å². The molecule has 0 bridgehead atoms. The summed E-state index contributed by atoms with van der Waals surface area (Å²) in [5.74, 6) is 0.195. The summed E-state index contributed by atoms with van der Waals surface area (Å²) < 4.78 is 5.36. The fourth-order valence-corrected chi connectivity index (χ4v) is 4.49. The fraction of sp³-hybridized carbons (Fsp3) is 0.381. The van der Waals surface area contributed by atoms with E-state index in [9.17, 15) is 4.79 Å². The van der Waals surface area contributed by atoms with Crippen molar-refractivity contribution in [2.24, 2.45) is 0 Å². The molecule has 0 radical (unpaired) electrons. The molecule has 1 aliphatic carbocycles. The first-order valence-electron chi connectivity index (χ1n) is 9.99. The van der Waals surface area contributed by atoms with Gasteiger partial charge in [0.05, 0.1) is 5.69 Å². The van der Waals surface area contributed by atoms with Crippen molar-refractivity contribution in [2.75, 3.05) is 17.7 Å². The number of nitrogens with one attached hydrogen (secondary N) is 2. The van der Waals surface area contributed by atoms with Crippen molar-refractivity contribution in [3.05, 3.63) is 59.9 Å². The summed E-state index contributed by atoms with van der Waals surface area (Å²) in [7, 11) is 1.52. The lowest BCUT2D eigenvalue weighted by Crippen LogP contribution is -2.25. The highest BCUT2D eigenvalue weighted by molar-refractivity contribution is 7.19. The molecule has 1 atom stereocenters. The molecule has 2 aromatic heterocycles. The molecule has 1 aliphatic rings. The van der Waals surface area contributed by atoms with Crippen LogP contribution in [0.1, 0.15) is 49.0 Å². The lowest BCUT2D eigenvalue weighted by atomic mass is 9.84. The Balaban J connectivity index is 1.30. The van der Waals surface area contributed by atoms with Gasteiger partial charge >= 0.3 is 0 Å². The molecule has 0 saturated heterocycles. The summed E-state index contributed by atoms with van der Waals surface area (Å²) in [4.78, 5) is 12.6. The van der Waals surface area contributed by atoms with Crippen LogP contribution in [0.3, 0.4) is 0 Å². The molecule has 30 heavy (non-hydrogen) atoms. The van der Waals surface area contributed by atoms with Crippen LogP contribution in [0.15, 0.2) is 48.7 Å². The number of carbonyl (C=O) groups excluding carboxylic acids is 1. The summed E-state index contributed by atoms with van der Waals surface area (Å²) in [6, 6.07) is 13.7. The molecule has 1 saturated carbocycles. The Kier molecular flexibility index (Phi) is 6.60. The van der Waals surface area contributed by atoms with Crippen LogP contribution in [0.2, 0.25) is 0 Å². The number of nitrogens with zero attached hydrogens (tertiary/aromatic N) is 4. The monoisotopic (exact) mass is 424 g/mol. The molecule has 3 aromatic rings. The number of ether oxygens (including phenoxy) is 1. The first-order valence-corrected chi connectivity index (χ1v) is 10.8. The normalized spacial score (nSPS) is 19.8. The molecular weight excluding hydrogens is 400 g/mol. The SMILES string of the molecule is CO[C@@H](C(=O)Nc1nnc(N[C@H]2CC[C@@H](c3cccnn3)CC2)s1)c1ccccc1. The summed E-state index contributed by atoms with van der Waals surface area (Å²) in [6.45, 7) is 0. The summed E-state index contributed by atoms with van der Waals surface area (Å²) in [5, 5.41) is 23.9. The number of benzene rings is 1. The van der Waals surface area contributed by atoms with Gasteiger partial charge in [-0.15, -0.1) is 10.2 Å². The lowest BCUT2D eigenvalue weighted by Gasteiger charge is -2.28. The highest BCUT2D eigenvalue weighted by Gasteiger charge is 2.25. The van der Waals surface area contributed by atoms with Gasteiger partial charge in [0.1, 0.15) is 0 Å². The maximum atomic E-state index is 12.6. The van der Waals surface area contributed by atoms with Gasteiger partial charge in [0.25, 0.3) is 5.91 Å². The van der Waals surface area contributed by atoms with E-state index in [1.54, 1.807) is 6.20 Å². The van der Waals surface area contributed by atoms with E-state index in [-0.39, 0.29) is 5.91 Å². The summed E-state index contributed by atoms with van der Waals surface area (Å²) in [5.41, 5.74) is 1.86. The topological polar surface area (TPSA) is 102 Å². The van der Waals surface area contributed by atoms with Gasteiger partial charge in [-0.2, -0.15) is 10.2 Å². The van der Waals surface area contributed by atoms with Crippen molar-refractivity contribution >= 4 is 27.5 Å². The predicted molar refractivity (Wildman–Crippen MR) is 115 cm³/mol. The van der Waals surface area contributed by atoms with Crippen molar-refractivity contribution in [3.63, 3.8) is 0 Å². The minimum Gasteiger partial charge on any atom is -0.367 e. The highest BCUT2D eigenvalue weighted by atomic mass is 32.1. The third-order valence-electron chi connectivity index (χ3n) is 5.30. The minimum absolute atomic E-state index is 0.268. The molecule has 4 rings (SSSR count). The van der Waals surface area contributed by atoms with Gasteiger partial charge in [-0.3, -0.25) is 10.1 Å². The smallest absolute Gasteiger partial charge is 0.259 e. The number of methoxy groups -OCH3 is 1. The number of aromatic nitrogens is 4. The zero-order valence-electron chi connectivity index (χ0n) is 16.7. The van der Waals surface area contributed by atoms with Crippen molar-refractivity contribution in [1.29, 1.82) is 0 Å². The van der Waals surface area contributed by atoms with E-state index < -0.39 is 6.10 Å². The van der Waals surface area contributed by atoms with E-state index in [4.69, 9.17) is 4.74 Å². The zero-order valence-corrected chi connectivity index (χ0v) is 17.5. The third kappa shape index (κ3) is 4.98. The fourth-order valence-electron chi connectivity index (χ4n) is 3.76. The molecule has 9 heteroatoms. The number of hydrogen-bond acceptors (Lipinski definition) is 8. The summed E-state index contributed by atoms with van der Waals surface area (Å²) in [6.07, 6.45) is 5.20. The van der Waals surface area contributed by atoms with Gasteiger partial charge < -0.3 is 10.1 Å². The Morgan fingerprint density at radius 1 is 1.03 bits per heavy atom. The van der Waals surface area contributed by atoms with E-state index in [1.165, 1.54) is 18.4 Å². The lowest BCUT2D eigenvalue weighted by molar-refractivity contribution is -0.126.